The third-order valence-electron chi connectivity index (χ3n) is 2.60. The Labute approximate surface area is 106 Å². The molecular formula is C12H11F3N2S. The van der Waals surface area contributed by atoms with Crippen LogP contribution in [0.3, 0.4) is 0 Å². The number of hydrogen-bond donors (Lipinski definition) is 1. The van der Waals surface area contributed by atoms with Gasteiger partial charge in [-0.3, -0.25) is 0 Å². The van der Waals surface area contributed by atoms with E-state index in [-0.39, 0.29) is 16.6 Å². The highest BCUT2D eigenvalue weighted by atomic mass is 32.1. The molecule has 1 aromatic heterocycles. The molecule has 6 heteroatoms. The molecule has 0 aliphatic carbocycles. The van der Waals surface area contributed by atoms with E-state index in [4.69, 9.17) is 0 Å². The fraction of sp³-hybridized carbons (Fsp3) is 0.250. The van der Waals surface area contributed by atoms with Crippen LogP contribution in [0.25, 0.3) is 10.6 Å². The average molecular weight is 272 g/mol. The Morgan fingerprint density at radius 2 is 1.83 bits per heavy atom. The summed E-state index contributed by atoms with van der Waals surface area (Å²) in [6, 6.07) is 1.35. The molecule has 1 N–H and O–H groups in total. The zero-order chi connectivity index (χ0) is 13.3. The van der Waals surface area contributed by atoms with Gasteiger partial charge in [-0.2, -0.15) is 0 Å². The van der Waals surface area contributed by atoms with Crippen molar-refractivity contribution in [3.63, 3.8) is 0 Å². The second kappa shape index (κ2) is 5.07. The van der Waals surface area contributed by atoms with Crippen molar-refractivity contribution in [3.8, 4) is 10.6 Å². The van der Waals surface area contributed by atoms with Gasteiger partial charge in [-0.25, -0.2) is 18.2 Å². The van der Waals surface area contributed by atoms with Gasteiger partial charge >= 0.3 is 0 Å². The number of halogens is 3. The fourth-order valence-electron chi connectivity index (χ4n) is 1.49. The smallest absolute Gasteiger partial charge is 0.139 e. The summed E-state index contributed by atoms with van der Waals surface area (Å²) < 4.78 is 39.9. The quantitative estimate of drug-likeness (QED) is 0.925. The standard InChI is InChI=1S/C12H11F3N2S/c1-6(16-2)10-5-17-12(18-10)11-8(14)3-7(13)4-9(11)15/h3-6,16H,1-2H3. The van der Waals surface area contributed by atoms with Crippen LogP contribution in [-0.4, -0.2) is 12.0 Å². The molecule has 0 radical (unpaired) electrons. The SMILES string of the molecule is CNC(C)c1cnc(-c2c(F)cc(F)cc2F)s1. The van der Waals surface area contributed by atoms with Gasteiger partial charge in [0.2, 0.25) is 0 Å². The Balaban J connectivity index is 2.46. The monoisotopic (exact) mass is 272 g/mol. The minimum Gasteiger partial charge on any atom is -0.312 e. The Kier molecular flexibility index (Phi) is 3.68. The predicted molar refractivity (Wildman–Crippen MR) is 64.9 cm³/mol. The van der Waals surface area contributed by atoms with E-state index in [0.29, 0.717) is 12.1 Å². The second-order valence-electron chi connectivity index (χ2n) is 3.82. The molecule has 1 aromatic carbocycles. The Hall–Kier alpha value is -1.40. The highest BCUT2D eigenvalue weighted by Crippen LogP contribution is 2.32. The molecule has 0 bridgehead atoms. The number of rotatable bonds is 3. The highest BCUT2D eigenvalue weighted by Gasteiger charge is 2.18. The van der Waals surface area contributed by atoms with E-state index in [2.05, 4.69) is 10.3 Å². The third kappa shape index (κ3) is 2.39. The molecule has 2 rings (SSSR count). The molecule has 18 heavy (non-hydrogen) atoms. The van der Waals surface area contributed by atoms with E-state index in [9.17, 15) is 13.2 Å². The number of nitrogens with one attached hydrogen (secondary N) is 1. The minimum atomic E-state index is -0.939. The lowest BCUT2D eigenvalue weighted by Gasteiger charge is -2.05. The van der Waals surface area contributed by atoms with E-state index >= 15 is 0 Å². The van der Waals surface area contributed by atoms with Gasteiger partial charge in [0.05, 0.1) is 5.56 Å². The van der Waals surface area contributed by atoms with Crippen LogP contribution in [0.15, 0.2) is 18.3 Å². The first-order valence-electron chi connectivity index (χ1n) is 5.31. The Bertz CT molecular complexity index is 545. The molecule has 2 aromatic rings. The number of nitrogens with zero attached hydrogens (tertiary/aromatic N) is 1. The molecule has 1 atom stereocenters. The zero-order valence-corrected chi connectivity index (χ0v) is 10.6. The summed E-state index contributed by atoms with van der Waals surface area (Å²) in [6.45, 7) is 1.91. The predicted octanol–water partition coefficient (Wildman–Crippen LogP) is 3.51. The molecule has 1 unspecified atom stereocenters. The first-order valence-corrected chi connectivity index (χ1v) is 6.12. The van der Waals surface area contributed by atoms with Crippen LogP contribution >= 0.6 is 11.3 Å². The number of hydrogen-bond acceptors (Lipinski definition) is 3. The van der Waals surface area contributed by atoms with Crippen LogP contribution in [0.1, 0.15) is 17.8 Å². The van der Waals surface area contributed by atoms with E-state index < -0.39 is 17.5 Å². The largest absolute Gasteiger partial charge is 0.312 e. The molecular weight excluding hydrogens is 261 g/mol. The van der Waals surface area contributed by atoms with Crippen molar-refractivity contribution in [2.45, 2.75) is 13.0 Å². The molecule has 0 saturated heterocycles. The van der Waals surface area contributed by atoms with Crippen molar-refractivity contribution in [2.75, 3.05) is 7.05 Å². The molecule has 0 saturated carbocycles. The second-order valence-corrected chi connectivity index (χ2v) is 4.88. The molecule has 0 aliphatic rings. The van der Waals surface area contributed by atoms with Gasteiger partial charge in [-0.1, -0.05) is 0 Å². The molecule has 2 nitrogen and oxygen atoms in total. The molecule has 0 aliphatic heterocycles. The summed E-state index contributed by atoms with van der Waals surface area (Å²) in [5, 5.41) is 3.22. The molecule has 0 amide bonds. The van der Waals surface area contributed by atoms with Crippen molar-refractivity contribution in [2.24, 2.45) is 0 Å². The lowest BCUT2D eigenvalue weighted by molar-refractivity contribution is 0.548. The van der Waals surface area contributed by atoms with E-state index in [1.54, 1.807) is 13.2 Å². The third-order valence-corrected chi connectivity index (χ3v) is 3.80. The van der Waals surface area contributed by atoms with Gasteiger partial charge in [-0.15, -0.1) is 11.3 Å². The molecule has 0 fully saturated rings. The lowest BCUT2D eigenvalue weighted by atomic mass is 10.2. The topological polar surface area (TPSA) is 24.9 Å². The number of aromatic nitrogens is 1. The van der Waals surface area contributed by atoms with Gasteiger partial charge in [0.1, 0.15) is 22.5 Å². The average Bonchev–Trinajstić information content (AvgIpc) is 2.76. The van der Waals surface area contributed by atoms with Crippen molar-refractivity contribution in [1.29, 1.82) is 0 Å². The van der Waals surface area contributed by atoms with Crippen LogP contribution in [-0.2, 0) is 0 Å². The summed E-state index contributed by atoms with van der Waals surface area (Å²) in [5.74, 6) is -2.81. The summed E-state index contributed by atoms with van der Waals surface area (Å²) in [4.78, 5) is 4.84. The number of thiazole rings is 1. The summed E-state index contributed by atoms with van der Waals surface area (Å²) in [6.07, 6.45) is 1.56. The van der Waals surface area contributed by atoms with E-state index in [1.165, 1.54) is 11.3 Å². The lowest BCUT2D eigenvalue weighted by Crippen LogP contribution is -2.10. The first kappa shape index (κ1) is 13.0. The van der Waals surface area contributed by atoms with Crippen molar-refractivity contribution in [3.05, 3.63) is 40.7 Å². The van der Waals surface area contributed by atoms with E-state index in [0.717, 1.165) is 4.88 Å². The van der Waals surface area contributed by atoms with Gasteiger partial charge in [0.15, 0.2) is 0 Å². The van der Waals surface area contributed by atoms with Crippen molar-refractivity contribution in [1.82, 2.24) is 10.3 Å². The highest BCUT2D eigenvalue weighted by molar-refractivity contribution is 7.15. The normalized spacial score (nSPS) is 12.7. The maximum atomic E-state index is 13.6. The summed E-state index contributed by atoms with van der Waals surface area (Å²) in [7, 11) is 1.78. The van der Waals surface area contributed by atoms with E-state index in [1.807, 2.05) is 6.92 Å². The summed E-state index contributed by atoms with van der Waals surface area (Å²) >= 11 is 1.18. The van der Waals surface area contributed by atoms with Crippen LogP contribution in [0.4, 0.5) is 13.2 Å². The van der Waals surface area contributed by atoms with Crippen molar-refractivity contribution < 1.29 is 13.2 Å². The number of benzene rings is 1. The maximum Gasteiger partial charge on any atom is 0.139 e. The molecule has 96 valence electrons. The molecule has 1 heterocycles. The van der Waals surface area contributed by atoms with Crippen LogP contribution < -0.4 is 5.32 Å². The maximum absolute atomic E-state index is 13.6. The molecule has 0 spiro atoms. The van der Waals surface area contributed by atoms with Gasteiger partial charge in [0.25, 0.3) is 0 Å². The van der Waals surface area contributed by atoms with Gasteiger partial charge in [0, 0.05) is 29.2 Å². The van der Waals surface area contributed by atoms with Gasteiger partial charge < -0.3 is 5.32 Å². The van der Waals surface area contributed by atoms with Crippen LogP contribution in [0.2, 0.25) is 0 Å². The van der Waals surface area contributed by atoms with Crippen LogP contribution in [0.5, 0.6) is 0 Å². The zero-order valence-electron chi connectivity index (χ0n) is 9.80. The van der Waals surface area contributed by atoms with Crippen LogP contribution in [0, 0.1) is 17.5 Å². The first-order chi connectivity index (χ1) is 8.52. The Morgan fingerprint density at radius 1 is 1.22 bits per heavy atom. The minimum absolute atomic E-state index is 0.0443. The van der Waals surface area contributed by atoms with Gasteiger partial charge in [-0.05, 0) is 14.0 Å². The Morgan fingerprint density at radius 3 is 2.39 bits per heavy atom. The fourth-order valence-corrected chi connectivity index (χ4v) is 2.52. The summed E-state index contributed by atoms with van der Waals surface area (Å²) in [5.41, 5.74) is -0.282. The van der Waals surface area contributed by atoms with Crippen molar-refractivity contribution >= 4 is 11.3 Å².